The van der Waals surface area contributed by atoms with Gasteiger partial charge in [0.15, 0.2) is 5.58 Å². The number of hydrogen-bond acceptors (Lipinski definition) is 6. The van der Waals surface area contributed by atoms with Crippen LogP contribution >= 0.6 is 11.8 Å². The summed E-state index contributed by atoms with van der Waals surface area (Å²) in [5.74, 6) is 0. The number of oxazole rings is 1. The minimum Gasteiger partial charge on any atom is -0.431 e. The Morgan fingerprint density at radius 2 is 2.29 bits per heavy atom. The number of carbonyl (C=O) groups is 1. The van der Waals surface area contributed by atoms with Gasteiger partial charge in [-0.05, 0) is 12.1 Å². The highest BCUT2D eigenvalue weighted by molar-refractivity contribution is 8.13. The van der Waals surface area contributed by atoms with Crippen molar-refractivity contribution in [1.82, 2.24) is 10.3 Å². The van der Waals surface area contributed by atoms with Crippen LogP contribution in [0.4, 0.5) is 0 Å². The minimum absolute atomic E-state index is 0.0147. The molecule has 1 heterocycles. The number of aliphatic hydroxyl groups is 1. The first-order valence-electron chi connectivity index (χ1n) is 5.17. The van der Waals surface area contributed by atoms with Gasteiger partial charge in [0, 0.05) is 18.3 Å². The lowest BCUT2D eigenvalue weighted by atomic mass is 10.3. The van der Waals surface area contributed by atoms with Crippen LogP contribution in [0.1, 0.15) is 0 Å². The molecule has 2 rings (SSSR count). The SMILES string of the molecule is O=C(CNCCO)Sc1nc2ccccc2o1. The van der Waals surface area contributed by atoms with E-state index >= 15 is 0 Å². The number of fused-ring (bicyclic) bond motifs is 1. The van der Waals surface area contributed by atoms with Crippen LogP contribution in [0.3, 0.4) is 0 Å². The summed E-state index contributed by atoms with van der Waals surface area (Å²) in [6.07, 6.45) is 0. The van der Waals surface area contributed by atoms with Crippen LogP contribution in [0, 0.1) is 0 Å². The van der Waals surface area contributed by atoms with Crippen LogP contribution in [-0.2, 0) is 4.79 Å². The molecule has 0 bridgehead atoms. The van der Waals surface area contributed by atoms with E-state index in [0.29, 0.717) is 17.4 Å². The van der Waals surface area contributed by atoms with E-state index < -0.39 is 0 Å². The molecule has 0 unspecified atom stereocenters. The quantitative estimate of drug-likeness (QED) is 0.611. The van der Waals surface area contributed by atoms with Crippen molar-refractivity contribution in [3.8, 4) is 0 Å². The molecule has 6 heteroatoms. The van der Waals surface area contributed by atoms with Crippen molar-refractivity contribution in [2.45, 2.75) is 5.22 Å². The van der Waals surface area contributed by atoms with E-state index in [-0.39, 0.29) is 18.3 Å². The summed E-state index contributed by atoms with van der Waals surface area (Å²) in [7, 11) is 0. The molecule has 0 aliphatic carbocycles. The molecule has 0 saturated heterocycles. The standard InChI is InChI=1S/C11H12N2O3S/c14-6-5-12-7-10(15)17-11-13-8-3-1-2-4-9(8)16-11/h1-4,12,14H,5-7H2. The largest absolute Gasteiger partial charge is 0.431 e. The van der Waals surface area contributed by atoms with E-state index in [1.807, 2.05) is 18.2 Å². The van der Waals surface area contributed by atoms with Crippen molar-refractivity contribution in [2.24, 2.45) is 0 Å². The number of para-hydroxylation sites is 2. The maximum atomic E-state index is 11.5. The van der Waals surface area contributed by atoms with Gasteiger partial charge < -0.3 is 14.8 Å². The van der Waals surface area contributed by atoms with E-state index in [2.05, 4.69) is 10.3 Å². The summed E-state index contributed by atoms with van der Waals surface area (Å²) < 4.78 is 5.40. The predicted octanol–water partition coefficient (Wildman–Crippen LogP) is 1.03. The molecule has 0 atom stereocenters. The van der Waals surface area contributed by atoms with Gasteiger partial charge in [-0.1, -0.05) is 12.1 Å². The predicted molar refractivity (Wildman–Crippen MR) is 64.8 cm³/mol. The molecule has 0 saturated carbocycles. The summed E-state index contributed by atoms with van der Waals surface area (Å²) in [6.45, 7) is 0.602. The number of rotatable bonds is 5. The van der Waals surface area contributed by atoms with Crippen molar-refractivity contribution in [2.75, 3.05) is 19.7 Å². The smallest absolute Gasteiger partial charge is 0.264 e. The maximum Gasteiger partial charge on any atom is 0.264 e. The van der Waals surface area contributed by atoms with Crippen LogP contribution in [0.2, 0.25) is 0 Å². The van der Waals surface area contributed by atoms with Gasteiger partial charge in [-0.15, -0.1) is 0 Å². The molecule has 0 aliphatic heterocycles. The molecular weight excluding hydrogens is 240 g/mol. The van der Waals surface area contributed by atoms with Gasteiger partial charge in [0.1, 0.15) is 5.52 Å². The monoisotopic (exact) mass is 252 g/mol. The molecule has 1 aromatic carbocycles. The van der Waals surface area contributed by atoms with E-state index in [9.17, 15) is 4.79 Å². The first-order chi connectivity index (χ1) is 8.29. The van der Waals surface area contributed by atoms with Crippen molar-refractivity contribution >= 4 is 28.0 Å². The third-order valence-electron chi connectivity index (χ3n) is 2.03. The Hall–Kier alpha value is -1.37. The summed E-state index contributed by atoms with van der Waals surface area (Å²) in [4.78, 5) is 15.7. The molecule has 5 nitrogen and oxygen atoms in total. The molecule has 2 N–H and O–H groups in total. The number of aliphatic hydroxyl groups excluding tert-OH is 1. The van der Waals surface area contributed by atoms with Gasteiger partial charge in [-0.2, -0.15) is 0 Å². The average molecular weight is 252 g/mol. The van der Waals surface area contributed by atoms with Crippen molar-refractivity contribution in [1.29, 1.82) is 0 Å². The Morgan fingerprint density at radius 3 is 3.06 bits per heavy atom. The zero-order chi connectivity index (χ0) is 12.1. The van der Waals surface area contributed by atoms with Gasteiger partial charge in [0.2, 0.25) is 5.12 Å². The van der Waals surface area contributed by atoms with Crippen molar-refractivity contribution in [3.05, 3.63) is 24.3 Å². The summed E-state index contributed by atoms with van der Waals surface area (Å²) in [5.41, 5.74) is 1.41. The minimum atomic E-state index is -0.0926. The van der Waals surface area contributed by atoms with Gasteiger partial charge in [-0.25, -0.2) is 4.98 Å². The molecular formula is C11H12N2O3S. The average Bonchev–Trinajstić information content (AvgIpc) is 2.71. The molecule has 2 aromatic rings. The third kappa shape index (κ3) is 3.29. The van der Waals surface area contributed by atoms with Crippen molar-refractivity contribution < 1.29 is 14.3 Å². The van der Waals surface area contributed by atoms with Gasteiger partial charge in [0.05, 0.1) is 13.2 Å². The van der Waals surface area contributed by atoms with Crippen LogP contribution in [-0.4, -0.2) is 34.9 Å². The van der Waals surface area contributed by atoms with E-state index in [0.717, 1.165) is 17.3 Å². The zero-order valence-electron chi connectivity index (χ0n) is 9.05. The fourth-order valence-electron chi connectivity index (χ4n) is 1.30. The van der Waals surface area contributed by atoms with E-state index in [1.165, 1.54) is 0 Å². The van der Waals surface area contributed by atoms with Crippen LogP contribution in [0.25, 0.3) is 11.1 Å². The van der Waals surface area contributed by atoms with Gasteiger partial charge in [0.25, 0.3) is 5.22 Å². The van der Waals surface area contributed by atoms with E-state index in [4.69, 9.17) is 9.52 Å². The lowest BCUT2D eigenvalue weighted by Crippen LogP contribution is -2.23. The normalized spacial score (nSPS) is 10.9. The Kier molecular flexibility index (Phi) is 4.13. The Labute approximate surface area is 102 Å². The third-order valence-corrected chi connectivity index (χ3v) is 2.75. The molecule has 90 valence electrons. The first-order valence-corrected chi connectivity index (χ1v) is 5.99. The summed E-state index contributed by atoms with van der Waals surface area (Å²) in [5, 5.41) is 11.6. The number of thioether (sulfide) groups is 1. The Bertz CT molecular complexity index is 479. The number of carbonyl (C=O) groups excluding carboxylic acids is 1. The number of hydrogen-bond donors (Lipinski definition) is 2. The number of nitrogens with one attached hydrogen (secondary N) is 1. The lowest BCUT2D eigenvalue weighted by molar-refractivity contribution is -0.110. The van der Waals surface area contributed by atoms with Crippen LogP contribution in [0.5, 0.6) is 0 Å². The van der Waals surface area contributed by atoms with Crippen molar-refractivity contribution in [3.63, 3.8) is 0 Å². The van der Waals surface area contributed by atoms with Gasteiger partial charge in [-0.3, -0.25) is 4.79 Å². The second-order valence-electron chi connectivity index (χ2n) is 3.32. The molecule has 0 radical (unpaired) electrons. The maximum absolute atomic E-state index is 11.5. The fourth-order valence-corrected chi connectivity index (χ4v) is 1.94. The Balaban J connectivity index is 1.96. The summed E-state index contributed by atoms with van der Waals surface area (Å²) in [6, 6.07) is 7.36. The molecule has 0 aliphatic rings. The molecule has 0 amide bonds. The second kappa shape index (κ2) is 5.81. The Morgan fingerprint density at radius 1 is 1.47 bits per heavy atom. The lowest BCUT2D eigenvalue weighted by Gasteiger charge is -1.98. The van der Waals surface area contributed by atoms with E-state index in [1.54, 1.807) is 6.07 Å². The van der Waals surface area contributed by atoms with Gasteiger partial charge >= 0.3 is 0 Å². The number of benzene rings is 1. The molecule has 0 fully saturated rings. The number of aromatic nitrogens is 1. The summed E-state index contributed by atoms with van der Waals surface area (Å²) >= 11 is 0.959. The molecule has 17 heavy (non-hydrogen) atoms. The molecule has 0 spiro atoms. The molecule has 1 aromatic heterocycles. The highest BCUT2D eigenvalue weighted by Gasteiger charge is 2.10. The van der Waals surface area contributed by atoms with Crippen LogP contribution < -0.4 is 5.32 Å². The highest BCUT2D eigenvalue weighted by Crippen LogP contribution is 2.23. The van der Waals surface area contributed by atoms with Crippen LogP contribution in [0.15, 0.2) is 33.9 Å². The topological polar surface area (TPSA) is 75.4 Å². The highest BCUT2D eigenvalue weighted by atomic mass is 32.2. The fraction of sp³-hybridized carbons (Fsp3) is 0.273. The zero-order valence-corrected chi connectivity index (χ0v) is 9.87. The number of nitrogens with zero attached hydrogens (tertiary/aromatic N) is 1. The second-order valence-corrected chi connectivity index (χ2v) is 4.33. The first kappa shape index (κ1) is 12.1.